The number of aromatic nitrogens is 4. The van der Waals surface area contributed by atoms with Crippen molar-refractivity contribution >= 4 is 17.8 Å². The van der Waals surface area contributed by atoms with E-state index in [1.807, 2.05) is 61.5 Å². The maximum Gasteiger partial charge on any atom is 0.322 e. The van der Waals surface area contributed by atoms with Crippen molar-refractivity contribution in [3.8, 4) is 22.8 Å². The quantitative estimate of drug-likeness (QED) is 0.495. The van der Waals surface area contributed by atoms with Gasteiger partial charge in [-0.1, -0.05) is 12.1 Å². The standard InChI is InChI=1S/C22H22N6O3/c1-14(16-5-4-6-18(13-16)31-3)24-22(29)26-20-25-21-23-12-11-19(28(21)27-20)15-7-9-17(30-2)10-8-15/h4-14H,1-3H3,(H2,24,26,27,29)/t14-/m0/s1. The van der Waals surface area contributed by atoms with Crippen LogP contribution in [0.15, 0.2) is 60.8 Å². The molecule has 0 saturated heterocycles. The Morgan fingerprint density at radius 3 is 2.55 bits per heavy atom. The highest BCUT2D eigenvalue weighted by molar-refractivity contribution is 5.87. The summed E-state index contributed by atoms with van der Waals surface area (Å²) in [5.74, 6) is 2.02. The van der Waals surface area contributed by atoms with Crippen LogP contribution in [-0.4, -0.2) is 39.8 Å². The number of anilines is 1. The van der Waals surface area contributed by atoms with Crippen LogP contribution in [0, 0.1) is 0 Å². The number of nitrogens with zero attached hydrogens (tertiary/aromatic N) is 4. The molecule has 4 rings (SSSR count). The number of fused-ring (bicyclic) bond motifs is 1. The zero-order valence-electron chi connectivity index (χ0n) is 17.4. The summed E-state index contributed by atoms with van der Waals surface area (Å²) in [6.45, 7) is 1.88. The van der Waals surface area contributed by atoms with Gasteiger partial charge in [0.1, 0.15) is 11.5 Å². The predicted octanol–water partition coefficient (Wildman–Crippen LogP) is 3.69. The molecule has 0 aliphatic rings. The molecule has 1 atom stereocenters. The summed E-state index contributed by atoms with van der Waals surface area (Å²) in [6, 6.07) is 16.3. The highest BCUT2D eigenvalue weighted by Gasteiger charge is 2.14. The van der Waals surface area contributed by atoms with Crippen LogP contribution in [0.3, 0.4) is 0 Å². The van der Waals surface area contributed by atoms with E-state index < -0.39 is 6.03 Å². The van der Waals surface area contributed by atoms with Gasteiger partial charge in [-0.3, -0.25) is 5.32 Å². The van der Waals surface area contributed by atoms with E-state index in [-0.39, 0.29) is 12.0 Å². The SMILES string of the molecule is COc1ccc(-c2ccnc3nc(NC(=O)N[C@@H](C)c4cccc(OC)c4)nn23)cc1. The molecule has 4 aromatic rings. The second-order valence-electron chi connectivity index (χ2n) is 6.80. The van der Waals surface area contributed by atoms with Crippen LogP contribution in [0.5, 0.6) is 11.5 Å². The monoisotopic (exact) mass is 418 g/mol. The number of amides is 2. The van der Waals surface area contributed by atoms with Crippen LogP contribution in [0.1, 0.15) is 18.5 Å². The molecular formula is C22H22N6O3. The third-order valence-electron chi connectivity index (χ3n) is 4.79. The molecule has 2 N–H and O–H groups in total. The van der Waals surface area contributed by atoms with Crippen LogP contribution in [0.25, 0.3) is 17.0 Å². The Morgan fingerprint density at radius 1 is 1.03 bits per heavy atom. The summed E-state index contributed by atoms with van der Waals surface area (Å²) in [5.41, 5.74) is 2.63. The Balaban J connectivity index is 1.51. The van der Waals surface area contributed by atoms with Crippen LogP contribution >= 0.6 is 0 Å². The minimum Gasteiger partial charge on any atom is -0.497 e. The second kappa shape index (κ2) is 8.70. The molecule has 9 heteroatoms. The molecule has 0 aliphatic carbocycles. The van der Waals surface area contributed by atoms with Crippen molar-refractivity contribution in [2.45, 2.75) is 13.0 Å². The lowest BCUT2D eigenvalue weighted by molar-refractivity contribution is 0.249. The van der Waals surface area contributed by atoms with Gasteiger partial charge >= 0.3 is 6.03 Å². The normalized spacial score (nSPS) is 11.7. The first kappa shape index (κ1) is 20.1. The number of urea groups is 1. The summed E-state index contributed by atoms with van der Waals surface area (Å²) in [4.78, 5) is 21.0. The fraction of sp³-hybridized carbons (Fsp3) is 0.182. The lowest BCUT2D eigenvalue weighted by Gasteiger charge is -2.14. The van der Waals surface area contributed by atoms with Gasteiger partial charge in [0.15, 0.2) is 0 Å². The zero-order valence-corrected chi connectivity index (χ0v) is 17.4. The van der Waals surface area contributed by atoms with E-state index in [1.165, 1.54) is 0 Å². The molecule has 0 unspecified atom stereocenters. The van der Waals surface area contributed by atoms with E-state index in [9.17, 15) is 4.79 Å². The fourth-order valence-corrected chi connectivity index (χ4v) is 3.16. The van der Waals surface area contributed by atoms with Crippen molar-refractivity contribution < 1.29 is 14.3 Å². The number of hydrogen-bond donors (Lipinski definition) is 2. The highest BCUT2D eigenvalue weighted by atomic mass is 16.5. The number of carbonyl (C=O) groups is 1. The molecule has 2 heterocycles. The maximum absolute atomic E-state index is 12.5. The largest absolute Gasteiger partial charge is 0.497 e. The molecule has 2 amide bonds. The lowest BCUT2D eigenvalue weighted by Crippen LogP contribution is -2.31. The van der Waals surface area contributed by atoms with Gasteiger partial charge in [0.2, 0.25) is 0 Å². The number of rotatable bonds is 6. The van der Waals surface area contributed by atoms with Crippen molar-refractivity contribution in [3.63, 3.8) is 0 Å². The average Bonchev–Trinajstić information content (AvgIpc) is 3.21. The summed E-state index contributed by atoms with van der Waals surface area (Å²) >= 11 is 0. The number of hydrogen-bond acceptors (Lipinski definition) is 6. The molecular weight excluding hydrogens is 396 g/mol. The number of carbonyl (C=O) groups excluding carboxylic acids is 1. The van der Waals surface area contributed by atoms with Gasteiger partial charge in [-0.2, -0.15) is 9.50 Å². The fourth-order valence-electron chi connectivity index (χ4n) is 3.16. The molecule has 2 aromatic heterocycles. The minimum atomic E-state index is -0.419. The Hall–Kier alpha value is -4.14. The lowest BCUT2D eigenvalue weighted by atomic mass is 10.1. The van der Waals surface area contributed by atoms with E-state index in [1.54, 1.807) is 24.9 Å². The van der Waals surface area contributed by atoms with Crippen LogP contribution < -0.4 is 20.1 Å². The van der Waals surface area contributed by atoms with Crippen molar-refractivity contribution in [2.24, 2.45) is 0 Å². The number of methoxy groups -OCH3 is 2. The molecule has 0 aliphatic heterocycles. The van der Waals surface area contributed by atoms with E-state index in [2.05, 4.69) is 25.7 Å². The van der Waals surface area contributed by atoms with E-state index >= 15 is 0 Å². The van der Waals surface area contributed by atoms with Crippen LogP contribution in [0.4, 0.5) is 10.7 Å². The summed E-state index contributed by atoms with van der Waals surface area (Å²) in [5, 5.41) is 9.94. The van der Waals surface area contributed by atoms with Crippen molar-refractivity contribution in [1.82, 2.24) is 24.9 Å². The molecule has 0 bridgehead atoms. The van der Waals surface area contributed by atoms with Crippen LogP contribution in [0.2, 0.25) is 0 Å². The van der Waals surface area contributed by atoms with E-state index in [0.29, 0.717) is 5.78 Å². The smallest absolute Gasteiger partial charge is 0.322 e. The van der Waals surface area contributed by atoms with Gasteiger partial charge in [-0.05, 0) is 55.0 Å². The topological polar surface area (TPSA) is 103 Å². The van der Waals surface area contributed by atoms with Crippen LogP contribution in [-0.2, 0) is 0 Å². The zero-order chi connectivity index (χ0) is 21.8. The van der Waals surface area contributed by atoms with E-state index in [0.717, 1.165) is 28.3 Å². The molecule has 0 saturated carbocycles. The van der Waals surface area contributed by atoms with Gasteiger partial charge in [-0.15, -0.1) is 5.10 Å². The molecule has 0 spiro atoms. The van der Waals surface area contributed by atoms with Crippen molar-refractivity contribution in [3.05, 3.63) is 66.4 Å². The highest BCUT2D eigenvalue weighted by Crippen LogP contribution is 2.23. The van der Waals surface area contributed by atoms with Gasteiger partial charge in [-0.25, -0.2) is 9.78 Å². The van der Waals surface area contributed by atoms with Gasteiger partial charge in [0.25, 0.3) is 11.7 Å². The Labute approximate surface area is 179 Å². The summed E-state index contributed by atoms with van der Waals surface area (Å²) < 4.78 is 12.0. The van der Waals surface area contributed by atoms with Gasteiger partial charge in [0.05, 0.1) is 26.0 Å². The average molecular weight is 418 g/mol. The first-order valence-corrected chi connectivity index (χ1v) is 9.65. The second-order valence-corrected chi connectivity index (χ2v) is 6.80. The third-order valence-corrected chi connectivity index (χ3v) is 4.79. The van der Waals surface area contributed by atoms with Crippen molar-refractivity contribution in [2.75, 3.05) is 19.5 Å². The Kier molecular flexibility index (Phi) is 5.65. The summed E-state index contributed by atoms with van der Waals surface area (Å²) in [6.07, 6.45) is 1.65. The number of nitrogens with one attached hydrogen (secondary N) is 2. The first-order valence-electron chi connectivity index (χ1n) is 9.65. The summed E-state index contributed by atoms with van der Waals surface area (Å²) in [7, 11) is 3.22. The molecule has 158 valence electrons. The molecule has 31 heavy (non-hydrogen) atoms. The van der Waals surface area contributed by atoms with E-state index in [4.69, 9.17) is 9.47 Å². The third kappa shape index (κ3) is 4.40. The van der Waals surface area contributed by atoms with Gasteiger partial charge in [0, 0.05) is 11.8 Å². The maximum atomic E-state index is 12.5. The predicted molar refractivity (Wildman–Crippen MR) is 116 cm³/mol. The minimum absolute atomic E-state index is 0.156. The first-order chi connectivity index (χ1) is 15.1. The molecule has 0 radical (unpaired) electrons. The Morgan fingerprint density at radius 2 is 1.81 bits per heavy atom. The van der Waals surface area contributed by atoms with Crippen molar-refractivity contribution in [1.29, 1.82) is 0 Å². The molecule has 2 aromatic carbocycles. The number of benzene rings is 2. The molecule has 9 nitrogen and oxygen atoms in total. The Bertz CT molecular complexity index is 1210. The number of ether oxygens (including phenoxy) is 2. The molecule has 0 fully saturated rings. The van der Waals surface area contributed by atoms with Gasteiger partial charge < -0.3 is 14.8 Å².